The number of methoxy groups -OCH3 is 1. The number of hydrogen-bond acceptors (Lipinski definition) is 5. The average molecular weight is 422 g/mol. The van der Waals surface area contributed by atoms with E-state index < -0.39 is 0 Å². The molecule has 1 unspecified atom stereocenters. The van der Waals surface area contributed by atoms with E-state index in [0.29, 0.717) is 25.3 Å². The summed E-state index contributed by atoms with van der Waals surface area (Å²) in [4.78, 5) is 18.8. The number of likely N-dealkylation sites (N-methyl/N-ethyl adjacent to an activating group) is 1. The number of ether oxygens (including phenoxy) is 1. The lowest BCUT2D eigenvalue weighted by Crippen LogP contribution is -2.34. The molecule has 3 aromatic rings. The van der Waals surface area contributed by atoms with Crippen molar-refractivity contribution in [3.05, 3.63) is 71.2 Å². The highest BCUT2D eigenvalue weighted by Gasteiger charge is 2.16. The van der Waals surface area contributed by atoms with Crippen LogP contribution in [-0.2, 0) is 11.2 Å². The molecule has 164 valence electrons. The maximum Gasteiger partial charge on any atom is 0.220 e. The molecule has 0 saturated carbocycles. The summed E-state index contributed by atoms with van der Waals surface area (Å²) in [5.41, 5.74) is 4.57. The van der Waals surface area contributed by atoms with Gasteiger partial charge in [0, 0.05) is 24.9 Å². The van der Waals surface area contributed by atoms with Crippen molar-refractivity contribution in [2.24, 2.45) is 0 Å². The van der Waals surface area contributed by atoms with Crippen LogP contribution in [0.4, 0.5) is 0 Å². The lowest BCUT2D eigenvalue weighted by Gasteiger charge is -2.25. The Balaban J connectivity index is 1.53. The van der Waals surface area contributed by atoms with Crippen molar-refractivity contribution < 1.29 is 13.9 Å². The van der Waals surface area contributed by atoms with Gasteiger partial charge in [-0.3, -0.25) is 4.79 Å². The lowest BCUT2D eigenvalue weighted by molar-refractivity contribution is -0.121. The smallest absolute Gasteiger partial charge is 0.220 e. The van der Waals surface area contributed by atoms with Crippen LogP contribution >= 0.6 is 0 Å². The number of carbonyl (C=O) groups is 1. The number of rotatable bonds is 9. The van der Waals surface area contributed by atoms with E-state index in [0.717, 1.165) is 22.6 Å². The van der Waals surface area contributed by atoms with Crippen molar-refractivity contribution in [2.45, 2.75) is 32.7 Å². The quantitative estimate of drug-likeness (QED) is 0.557. The molecule has 1 N–H and O–H groups in total. The first-order valence-corrected chi connectivity index (χ1v) is 10.5. The molecule has 2 aromatic carbocycles. The monoisotopic (exact) mass is 421 g/mol. The molecule has 1 amide bonds. The van der Waals surface area contributed by atoms with Crippen molar-refractivity contribution in [1.29, 1.82) is 0 Å². The highest BCUT2D eigenvalue weighted by molar-refractivity contribution is 5.76. The predicted molar refractivity (Wildman–Crippen MR) is 122 cm³/mol. The van der Waals surface area contributed by atoms with Crippen LogP contribution < -0.4 is 10.1 Å². The number of nitrogens with zero attached hydrogens (tertiary/aromatic N) is 2. The van der Waals surface area contributed by atoms with Gasteiger partial charge in [-0.15, -0.1) is 0 Å². The average Bonchev–Trinajstić information content (AvgIpc) is 3.23. The fraction of sp³-hybridized carbons (Fsp3) is 0.360. The van der Waals surface area contributed by atoms with Gasteiger partial charge in [-0.05, 0) is 62.8 Å². The zero-order chi connectivity index (χ0) is 22.4. The van der Waals surface area contributed by atoms with Crippen LogP contribution in [0, 0.1) is 13.8 Å². The van der Waals surface area contributed by atoms with Crippen LogP contribution in [0.25, 0.3) is 11.3 Å². The molecule has 0 radical (unpaired) electrons. The lowest BCUT2D eigenvalue weighted by atomic mass is 10.1. The second-order valence-electron chi connectivity index (χ2n) is 7.97. The van der Waals surface area contributed by atoms with Gasteiger partial charge in [0.1, 0.15) is 5.75 Å². The first-order valence-electron chi connectivity index (χ1n) is 10.5. The predicted octanol–water partition coefficient (Wildman–Crippen LogP) is 4.32. The van der Waals surface area contributed by atoms with E-state index in [1.807, 2.05) is 44.4 Å². The number of aromatic nitrogens is 1. The standard InChI is InChI=1S/C25H31N3O3/c1-17-6-7-20(14-18(17)2)23-16-27-25(31-23)13-12-24(29)26-15-22(28(3)4)19-8-10-21(30-5)11-9-19/h6-11,14,16,22H,12-13,15H2,1-5H3,(H,26,29). The third-order valence-corrected chi connectivity index (χ3v) is 5.53. The highest BCUT2D eigenvalue weighted by atomic mass is 16.5. The summed E-state index contributed by atoms with van der Waals surface area (Å²) in [7, 11) is 5.65. The Kier molecular flexibility index (Phi) is 7.47. The van der Waals surface area contributed by atoms with Crippen molar-refractivity contribution in [3.63, 3.8) is 0 Å². The van der Waals surface area contributed by atoms with Gasteiger partial charge >= 0.3 is 0 Å². The molecule has 0 aliphatic carbocycles. The molecule has 0 aliphatic heterocycles. The summed E-state index contributed by atoms with van der Waals surface area (Å²) in [6, 6.07) is 14.2. The van der Waals surface area contributed by atoms with E-state index in [1.54, 1.807) is 13.3 Å². The van der Waals surface area contributed by atoms with Crippen LogP contribution in [0.5, 0.6) is 5.75 Å². The molecule has 0 saturated heterocycles. The Bertz CT molecular complexity index is 1010. The Morgan fingerprint density at radius 2 is 1.87 bits per heavy atom. The molecule has 1 atom stereocenters. The SMILES string of the molecule is COc1ccc(C(CNC(=O)CCc2ncc(-c3ccc(C)c(C)c3)o2)N(C)C)cc1. The zero-order valence-corrected chi connectivity index (χ0v) is 18.9. The summed E-state index contributed by atoms with van der Waals surface area (Å²) in [6.07, 6.45) is 2.52. The van der Waals surface area contributed by atoms with Gasteiger partial charge in [0.05, 0.1) is 19.3 Å². The van der Waals surface area contributed by atoms with Crippen molar-refractivity contribution in [1.82, 2.24) is 15.2 Å². The van der Waals surface area contributed by atoms with Crippen LogP contribution in [0.1, 0.15) is 35.0 Å². The third-order valence-electron chi connectivity index (χ3n) is 5.53. The third kappa shape index (κ3) is 5.95. The molecule has 0 aliphatic rings. The molecule has 1 heterocycles. The second kappa shape index (κ2) is 10.3. The molecule has 0 fully saturated rings. The van der Waals surface area contributed by atoms with E-state index in [-0.39, 0.29) is 11.9 Å². The first kappa shape index (κ1) is 22.6. The maximum atomic E-state index is 12.4. The van der Waals surface area contributed by atoms with E-state index in [4.69, 9.17) is 9.15 Å². The topological polar surface area (TPSA) is 67.6 Å². The minimum atomic E-state index is -0.0220. The molecule has 3 rings (SSSR count). The van der Waals surface area contributed by atoms with Gasteiger partial charge in [-0.2, -0.15) is 0 Å². The largest absolute Gasteiger partial charge is 0.497 e. The van der Waals surface area contributed by atoms with Gasteiger partial charge in [0.25, 0.3) is 0 Å². The molecule has 6 heteroatoms. The van der Waals surface area contributed by atoms with E-state index >= 15 is 0 Å². The maximum absolute atomic E-state index is 12.4. The van der Waals surface area contributed by atoms with E-state index in [1.165, 1.54) is 11.1 Å². The Morgan fingerprint density at radius 3 is 2.52 bits per heavy atom. The molecule has 31 heavy (non-hydrogen) atoms. The minimum absolute atomic E-state index is 0.0220. The summed E-state index contributed by atoms with van der Waals surface area (Å²) in [6.45, 7) is 4.68. The van der Waals surface area contributed by atoms with Gasteiger partial charge in [0.2, 0.25) is 5.91 Å². The van der Waals surface area contributed by atoms with Gasteiger partial charge in [-0.1, -0.05) is 24.3 Å². The number of carbonyl (C=O) groups excluding carboxylic acids is 1. The molecule has 1 aromatic heterocycles. The Hall–Kier alpha value is -3.12. The number of amides is 1. The fourth-order valence-electron chi connectivity index (χ4n) is 3.40. The van der Waals surface area contributed by atoms with E-state index in [2.05, 4.69) is 41.2 Å². The highest BCUT2D eigenvalue weighted by Crippen LogP contribution is 2.24. The molecule has 0 spiro atoms. The summed E-state index contributed by atoms with van der Waals surface area (Å²) < 4.78 is 11.1. The second-order valence-corrected chi connectivity index (χ2v) is 7.97. The van der Waals surface area contributed by atoms with Gasteiger partial charge < -0.3 is 19.4 Å². The van der Waals surface area contributed by atoms with Gasteiger partial charge in [-0.25, -0.2) is 4.98 Å². The number of aryl methyl sites for hydroxylation is 3. The number of oxazole rings is 1. The number of hydrogen-bond donors (Lipinski definition) is 1. The number of benzene rings is 2. The van der Waals surface area contributed by atoms with Crippen LogP contribution in [-0.4, -0.2) is 43.5 Å². The summed E-state index contributed by atoms with van der Waals surface area (Å²) >= 11 is 0. The Morgan fingerprint density at radius 1 is 1.13 bits per heavy atom. The van der Waals surface area contributed by atoms with Crippen LogP contribution in [0.3, 0.4) is 0 Å². The first-order chi connectivity index (χ1) is 14.9. The minimum Gasteiger partial charge on any atom is -0.497 e. The van der Waals surface area contributed by atoms with E-state index in [9.17, 15) is 4.79 Å². The zero-order valence-electron chi connectivity index (χ0n) is 18.9. The van der Waals surface area contributed by atoms with Gasteiger partial charge in [0.15, 0.2) is 11.7 Å². The molecular weight excluding hydrogens is 390 g/mol. The Labute approximate surface area is 184 Å². The van der Waals surface area contributed by atoms with Crippen LogP contribution in [0.15, 0.2) is 53.1 Å². The normalized spacial score (nSPS) is 12.1. The molecular formula is C25H31N3O3. The fourth-order valence-corrected chi connectivity index (χ4v) is 3.40. The molecule has 6 nitrogen and oxygen atoms in total. The van der Waals surface area contributed by atoms with Crippen molar-refractivity contribution >= 4 is 5.91 Å². The van der Waals surface area contributed by atoms with Crippen LogP contribution in [0.2, 0.25) is 0 Å². The van der Waals surface area contributed by atoms with Crippen molar-refractivity contribution in [3.8, 4) is 17.1 Å². The molecule has 0 bridgehead atoms. The number of nitrogens with one attached hydrogen (secondary N) is 1. The summed E-state index contributed by atoms with van der Waals surface area (Å²) in [5, 5.41) is 3.03. The summed E-state index contributed by atoms with van der Waals surface area (Å²) in [5.74, 6) is 2.09. The van der Waals surface area contributed by atoms with Crippen molar-refractivity contribution in [2.75, 3.05) is 27.7 Å².